The van der Waals surface area contributed by atoms with Crippen molar-refractivity contribution in [2.75, 3.05) is 13.2 Å². The molecule has 2 aliphatic heterocycles. The monoisotopic (exact) mass is 825 g/mol. The van der Waals surface area contributed by atoms with E-state index in [-0.39, 0.29) is 29.7 Å². The molecule has 0 radical (unpaired) electrons. The standard InChI is InChI=1S/C41H47NO17/c1-20-15-16-27-26(14-11-17-42-27)37(50)53-18-38(6)28-29(54-22(3)44)34(56-24(5)46)40(19-52-21(2)43)31(47)30(57-36(49)25-12-9-8-10-13-25)33(58-35(20)48)39(7,51)41(40,59-38)32(28)55-23(4)45/h8-14,17,20,28-34,47,51H,15-16,18-19H2,1-7H3. The van der Waals surface area contributed by atoms with Crippen molar-refractivity contribution in [3.8, 4) is 0 Å². The van der Waals surface area contributed by atoms with Gasteiger partial charge in [-0.1, -0.05) is 25.1 Å². The van der Waals surface area contributed by atoms with Crippen molar-refractivity contribution in [2.45, 2.75) is 115 Å². The SMILES string of the molecule is CC(=O)OCC12C(O)C(OC(=O)c3ccccc3)C3OC(=O)C(C)CCc4ncccc4C(=O)OCC4(C)OC1(C(OC(C)=O)C4C(OC(C)=O)C2OC(C)=O)C3(C)O. The topological polar surface area (TPSA) is 247 Å². The summed E-state index contributed by atoms with van der Waals surface area (Å²) in [4.78, 5) is 98.6. The molecule has 0 amide bonds. The van der Waals surface area contributed by atoms with Gasteiger partial charge in [-0.15, -0.1) is 0 Å². The molecule has 59 heavy (non-hydrogen) atoms. The zero-order chi connectivity index (χ0) is 43.2. The number of rotatable bonds is 7. The molecule has 12 atom stereocenters. The lowest BCUT2D eigenvalue weighted by atomic mass is 9.45. The van der Waals surface area contributed by atoms with Crippen LogP contribution in [0.2, 0.25) is 0 Å². The zero-order valence-electron chi connectivity index (χ0n) is 33.5. The van der Waals surface area contributed by atoms with Gasteiger partial charge < -0.3 is 48.1 Å². The molecule has 2 aliphatic carbocycles. The highest BCUT2D eigenvalue weighted by atomic mass is 16.7. The van der Waals surface area contributed by atoms with Crippen LogP contribution < -0.4 is 0 Å². The average Bonchev–Trinajstić information content (AvgIpc) is 3.39. The third-order valence-electron chi connectivity index (χ3n) is 11.8. The fourth-order valence-corrected chi connectivity index (χ4v) is 9.41. The minimum Gasteiger partial charge on any atom is -0.465 e. The van der Waals surface area contributed by atoms with Crippen molar-refractivity contribution in [2.24, 2.45) is 17.3 Å². The Hall–Kier alpha value is -5.46. The fourth-order valence-electron chi connectivity index (χ4n) is 9.41. The van der Waals surface area contributed by atoms with Crippen LogP contribution in [0.4, 0.5) is 0 Å². The highest BCUT2D eigenvalue weighted by molar-refractivity contribution is 5.91. The van der Waals surface area contributed by atoms with E-state index in [2.05, 4.69) is 4.98 Å². The van der Waals surface area contributed by atoms with Crippen LogP contribution in [-0.2, 0) is 68.3 Å². The van der Waals surface area contributed by atoms with Gasteiger partial charge in [-0.05, 0) is 51.0 Å². The van der Waals surface area contributed by atoms with Crippen LogP contribution in [0.1, 0.15) is 81.3 Å². The van der Waals surface area contributed by atoms with E-state index in [1.54, 1.807) is 6.07 Å². The van der Waals surface area contributed by atoms with Gasteiger partial charge in [-0.3, -0.25) is 29.0 Å². The van der Waals surface area contributed by atoms with Crippen molar-refractivity contribution in [1.29, 1.82) is 0 Å². The molecule has 2 aromatic rings. The summed E-state index contributed by atoms with van der Waals surface area (Å²) >= 11 is 0. The van der Waals surface area contributed by atoms with E-state index in [1.165, 1.54) is 56.4 Å². The number of carbonyl (C=O) groups excluding carboxylic acids is 7. The van der Waals surface area contributed by atoms with Gasteiger partial charge in [0.1, 0.15) is 48.1 Å². The Morgan fingerprint density at radius 2 is 1.49 bits per heavy atom. The second-order valence-corrected chi connectivity index (χ2v) is 15.8. The smallest absolute Gasteiger partial charge is 0.340 e. The molecule has 1 saturated heterocycles. The Balaban J connectivity index is 1.72. The van der Waals surface area contributed by atoms with Crippen molar-refractivity contribution in [3.63, 3.8) is 0 Å². The number of nitrogens with zero attached hydrogens (tertiary/aromatic N) is 1. The van der Waals surface area contributed by atoms with Crippen LogP contribution in [0.3, 0.4) is 0 Å². The number of aliphatic hydroxyl groups is 2. The van der Waals surface area contributed by atoms with E-state index in [9.17, 15) is 43.8 Å². The number of ether oxygens (including phenoxy) is 8. The number of cyclic esters (lactones) is 1. The molecule has 1 aromatic carbocycles. The summed E-state index contributed by atoms with van der Waals surface area (Å²) in [6, 6.07) is 10.5. The third kappa shape index (κ3) is 7.20. The number of hydrogen-bond donors (Lipinski definition) is 2. The van der Waals surface area contributed by atoms with Gasteiger partial charge in [0, 0.05) is 33.9 Å². The molecule has 1 spiro atoms. The first kappa shape index (κ1) is 43.1. The highest BCUT2D eigenvalue weighted by Crippen LogP contribution is 2.69. The normalized spacial score (nSPS) is 36.3. The molecule has 12 unspecified atom stereocenters. The lowest BCUT2D eigenvalue weighted by molar-refractivity contribution is -0.385. The summed E-state index contributed by atoms with van der Waals surface area (Å²) in [6.07, 6.45) is -10.6. The van der Waals surface area contributed by atoms with Crippen LogP contribution in [0.15, 0.2) is 48.7 Å². The fraction of sp³-hybridized carbons (Fsp3) is 0.561. The number of benzene rings is 1. The predicted octanol–water partition coefficient (Wildman–Crippen LogP) is 1.59. The molecule has 6 rings (SSSR count). The number of esters is 7. The quantitative estimate of drug-likeness (QED) is 0.297. The number of hydrogen-bond acceptors (Lipinski definition) is 18. The van der Waals surface area contributed by atoms with Crippen molar-refractivity contribution < 1.29 is 81.7 Å². The predicted molar refractivity (Wildman–Crippen MR) is 196 cm³/mol. The van der Waals surface area contributed by atoms with Gasteiger partial charge in [0.15, 0.2) is 23.9 Å². The molecule has 18 nitrogen and oxygen atoms in total. The number of fused-ring (bicyclic) bond motifs is 5. The second kappa shape index (κ2) is 16.0. The van der Waals surface area contributed by atoms with E-state index in [0.29, 0.717) is 0 Å². The first-order valence-electron chi connectivity index (χ1n) is 19.0. The number of aliphatic hydroxyl groups excluding tert-OH is 1. The van der Waals surface area contributed by atoms with Gasteiger partial charge in [0.05, 0.1) is 28.7 Å². The van der Waals surface area contributed by atoms with E-state index in [0.717, 1.165) is 34.6 Å². The van der Waals surface area contributed by atoms with Gasteiger partial charge in [0.2, 0.25) is 0 Å². The van der Waals surface area contributed by atoms with Crippen LogP contribution in [-0.4, -0.2) is 124 Å². The number of aryl methyl sites for hydroxylation is 1. The minimum atomic E-state index is -2.81. The van der Waals surface area contributed by atoms with Crippen molar-refractivity contribution in [1.82, 2.24) is 4.98 Å². The van der Waals surface area contributed by atoms with Gasteiger partial charge in [-0.2, -0.15) is 0 Å². The maximum absolute atomic E-state index is 14.2. The highest BCUT2D eigenvalue weighted by Gasteiger charge is 2.91. The maximum atomic E-state index is 14.2. The Morgan fingerprint density at radius 3 is 2.12 bits per heavy atom. The summed E-state index contributed by atoms with van der Waals surface area (Å²) in [5.41, 5.74) is -9.93. The molecule has 4 bridgehead atoms. The van der Waals surface area contributed by atoms with Crippen LogP contribution in [0, 0.1) is 17.3 Å². The lowest BCUT2D eigenvalue weighted by Gasteiger charge is -2.67. The molecular formula is C41H47NO17. The Bertz CT molecular complexity index is 2020. The molecular weight excluding hydrogens is 778 g/mol. The number of aromatic nitrogens is 1. The summed E-state index contributed by atoms with van der Waals surface area (Å²) in [5.74, 6) is -9.39. The number of pyridine rings is 1. The largest absolute Gasteiger partial charge is 0.465 e. The molecule has 3 heterocycles. The Morgan fingerprint density at radius 1 is 0.847 bits per heavy atom. The maximum Gasteiger partial charge on any atom is 0.340 e. The van der Waals surface area contributed by atoms with Crippen LogP contribution in [0.25, 0.3) is 0 Å². The van der Waals surface area contributed by atoms with E-state index in [4.69, 9.17) is 37.9 Å². The zero-order valence-corrected chi connectivity index (χ0v) is 33.5. The molecule has 2 N–H and O–H groups in total. The Labute approximate surface area is 338 Å². The van der Waals surface area contributed by atoms with E-state index < -0.39 is 126 Å². The van der Waals surface area contributed by atoms with Crippen LogP contribution >= 0.6 is 0 Å². The van der Waals surface area contributed by atoms with Crippen molar-refractivity contribution >= 4 is 41.8 Å². The molecule has 318 valence electrons. The molecule has 4 aliphatic rings. The first-order valence-corrected chi connectivity index (χ1v) is 19.0. The summed E-state index contributed by atoms with van der Waals surface area (Å²) in [5, 5.41) is 26.5. The lowest BCUT2D eigenvalue weighted by Crippen LogP contribution is -2.89. The minimum absolute atomic E-state index is 0.0287. The third-order valence-corrected chi connectivity index (χ3v) is 11.8. The van der Waals surface area contributed by atoms with E-state index in [1.807, 2.05) is 0 Å². The summed E-state index contributed by atoms with van der Waals surface area (Å²) in [7, 11) is 0. The molecule has 18 heteroatoms. The second-order valence-electron chi connectivity index (χ2n) is 15.8. The van der Waals surface area contributed by atoms with Gasteiger partial charge in [-0.25, -0.2) is 9.59 Å². The Kier molecular flexibility index (Phi) is 11.7. The number of carbonyl (C=O) groups is 7. The summed E-state index contributed by atoms with van der Waals surface area (Å²) in [6.45, 7) is 6.28. The van der Waals surface area contributed by atoms with Gasteiger partial charge in [0.25, 0.3) is 0 Å². The van der Waals surface area contributed by atoms with Crippen molar-refractivity contribution in [3.05, 3.63) is 65.5 Å². The summed E-state index contributed by atoms with van der Waals surface area (Å²) < 4.78 is 48.4. The first-order chi connectivity index (χ1) is 27.7. The van der Waals surface area contributed by atoms with Crippen LogP contribution in [0.5, 0.6) is 0 Å². The molecule has 3 fully saturated rings. The molecule has 2 saturated carbocycles. The molecule has 1 aromatic heterocycles. The van der Waals surface area contributed by atoms with E-state index >= 15 is 0 Å². The average molecular weight is 826 g/mol. The van der Waals surface area contributed by atoms with Gasteiger partial charge >= 0.3 is 41.8 Å².